The predicted octanol–water partition coefficient (Wildman–Crippen LogP) is 1.39. The average Bonchev–Trinajstić information content (AvgIpc) is 2.36. The van der Waals surface area contributed by atoms with Gasteiger partial charge in [-0.25, -0.2) is 0 Å². The predicted molar refractivity (Wildman–Crippen MR) is 73.4 cm³/mol. The van der Waals surface area contributed by atoms with E-state index in [1.54, 1.807) is 0 Å². The van der Waals surface area contributed by atoms with Crippen LogP contribution in [0.1, 0.15) is 46.5 Å². The smallest absolute Gasteiger partial charge is 0.234 e. The molecule has 4 heteroatoms. The molecule has 0 aromatic carbocycles. The molecule has 1 aliphatic rings. The Morgan fingerprint density at radius 1 is 1.44 bits per heavy atom. The number of aliphatic hydroxyl groups is 1. The summed E-state index contributed by atoms with van der Waals surface area (Å²) in [5.41, 5.74) is -0.0343. The van der Waals surface area contributed by atoms with Gasteiger partial charge in [0.15, 0.2) is 0 Å². The summed E-state index contributed by atoms with van der Waals surface area (Å²) < 4.78 is 0. The fourth-order valence-electron chi connectivity index (χ4n) is 2.66. The largest absolute Gasteiger partial charge is 0.396 e. The van der Waals surface area contributed by atoms with E-state index < -0.39 is 0 Å². The van der Waals surface area contributed by atoms with Gasteiger partial charge in [0, 0.05) is 24.6 Å². The first-order chi connectivity index (χ1) is 8.53. The monoisotopic (exact) mass is 256 g/mol. The van der Waals surface area contributed by atoms with Gasteiger partial charge in [-0.1, -0.05) is 20.8 Å². The standard InChI is InChI=1S/C14H28N2O2/c1-4-12(5-2)15-13(18)9-16-8-6-7-14(3,10-16)11-17/h12,17H,4-11H2,1-3H3,(H,15,18). The molecule has 1 fully saturated rings. The fraction of sp³-hybridized carbons (Fsp3) is 0.929. The molecule has 1 aliphatic heterocycles. The molecule has 4 nitrogen and oxygen atoms in total. The molecular formula is C14H28N2O2. The second-order valence-electron chi connectivity index (χ2n) is 5.86. The van der Waals surface area contributed by atoms with Crippen molar-refractivity contribution in [2.24, 2.45) is 5.41 Å². The quantitative estimate of drug-likeness (QED) is 0.755. The summed E-state index contributed by atoms with van der Waals surface area (Å²) in [5, 5.41) is 12.5. The Hall–Kier alpha value is -0.610. The van der Waals surface area contributed by atoms with Crippen LogP contribution >= 0.6 is 0 Å². The average molecular weight is 256 g/mol. The van der Waals surface area contributed by atoms with Crippen molar-refractivity contribution in [2.45, 2.75) is 52.5 Å². The second kappa shape index (κ2) is 7.10. The van der Waals surface area contributed by atoms with Gasteiger partial charge in [-0.05, 0) is 32.2 Å². The normalized spacial score (nSPS) is 25.4. The van der Waals surface area contributed by atoms with Gasteiger partial charge in [0.1, 0.15) is 0 Å². The molecule has 106 valence electrons. The maximum Gasteiger partial charge on any atom is 0.234 e. The first-order valence-corrected chi connectivity index (χ1v) is 7.15. The van der Waals surface area contributed by atoms with Gasteiger partial charge < -0.3 is 10.4 Å². The van der Waals surface area contributed by atoms with Crippen molar-refractivity contribution in [3.05, 3.63) is 0 Å². The van der Waals surface area contributed by atoms with Crippen molar-refractivity contribution in [1.82, 2.24) is 10.2 Å². The highest BCUT2D eigenvalue weighted by Gasteiger charge is 2.31. The number of likely N-dealkylation sites (tertiary alicyclic amines) is 1. The SMILES string of the molecule is CCC(CC)NC(=O)CN1CCCC(C)(CO)C1. The van der Waals surface area contributed by atoms with E-state index in [4.69, 9.17) is 0 Å². The Kier molecular flexibility index (Phi) is 6.09. The number of rotatable bonds is 6. The van der Waals surface area contributed by atoms with E-state index in [0.717, 1.165) is 38.8 Å². The third-order valence-electron chi connectivity index (χ3n) is 3.96. The van der Waals surface area contributed by atoms with E-state index in [9.17, 15) is 9.90 Å². The highest BCUT2D eigenvalue weighted by atomic mass is 16.3. The van der Waals surface area contributed by atoms with E-state index in [1.807, 2.05) is 0 Å². The number of hydrogen-bond acceptors (Lipinski definition) is 3. The molecule has 0 aromatic heterocycles. The first-order valence-electron chi connectivity index (χ1n) is 7.15. The van der Waals surface area contributed by atoms with Crippen LogP contribution in [0.25, 0.3) is 0 Å². The molecule has 0 bridgehead atoms. The molecule has 1 atom stereocenters. The van der Waals surface area contributed by atoms with Gasteiger partial charge in [-0.2, -0.15) is 0 Å². The van der Waals surface area contributed by atoms with Crippen LogP contribution in [0.15, 0.2) is 0 Å². The van der Waals surface area contributed by atoms with Crippen molar-refractivity contribution in [2.75, 3.05) is 26.2 Å². The minimum absolute atomic E-state index is 0.0343. The number of carbonyl (C=O) groups is 1. The van der Waals surface area contributed by atoms with E-state index in [-0.39, 0.29) is 17.9 Å². The number of hydrogen-bond donors (Lipinski definition) is 2. The van der Waals surface area contributed by atoms with E-state index >= 15 is 0 Å². The summed E-state index contributed by atoms with van der Waals surface area (Å²) in [6.07, 6.45) is 4.08. The molecule has 0 spiro atoms. The van der Waals surface area contributed by atoms with Crippen LogP contribution in [-0.4, -0.2) is 48.2 Å². The van der Waals surface area contributed by atoms with E-state index in [1.165, 1.54) is 0 Å². The van der Waals surface area contributed by atoms with Gasteiger partial charge in [0.05, 0.1) is 6.54 Å². The summed E-state index contributed by atoms with van der Waals surface area (Å²) in [6.45, 7) is 8.74. The highest BCUT2D eigenvalue weighted by molar-refractivity contribution is 5.78. The van der Waals surface area contributed by atoms with Gasteiger partial charge >= 0.3 is 0 Å². The molecule has 0 radical (unpaired) electrons. The van der Waals surface area contributed by atoms with Gasteiger partial charge in [-0.3, -0.25) is 9.69 Å². The Balaban J connectivity index is 2.40. The topological polar surface area (TPSA) is 52.6 Å². The maximum absolute atomic E-state index is 11.9. The summed E-state index contributed by atoms with van der Waals surface area (Å²) in [4.78, 5) is 14.1. The van der Waals surface area contributed by atoms with Crippen molar-refractivity contribution >= 4 is 5.91 Å². The van der Waals surface area contributed by atoms with Crippen molar-refractivity contribution in [1.29, 1.82) is 0 Å². The molecule has 0 aromatic rings. The van der Waals surface area contributed by atoms with Gasteiger partial charge in [-0.15, -0.1) is 0 Å². The van der Waals surface area contributed by atoms with E-state index in [0.29, 0.717) is 12.6 Å². The Bertz CT molecular complexity index is 267. The van der Waals surface area contributed by atoms with E-state index in [2.05, 4.69) is 31.0 Å². The molecule has 1 saturated heterocycles. The molecule has 1 unspecified atom stereocenters. The Morgan fingerprint density at radius 2 is 2.11 bits per heavy atom. The number of piperidine rings is 1. The molecule has 0 aliphatic carbocycles. The summed E-state index contributed by atoms with van der Waals surface area (Å²) in [7, 11) is 0. The molecule has 18 heavy (non-hydrogen) atoms. The fourth-order valence-corrected chi connectivity index (χ4v) is 2.66. The zero-order valence-corrected chi connectivity index (χ0v) is 12.0. The second-order valence-corrected chi connectivity index (χ2v) is 5.86. The lowest BCUT2D eigenvalue weighted by Crippen LogP contribution is -2.48. The minimum atomic E-state index is -0.0343. The third kappa shape index (κ3) is 4.58. The van der Waals surface area contributed by atoms with Crippen LogP contribution in [0.3, 0.4) is 0 Å². The van der Waals surface area contributed by atoms with Crippen LogP contribution in [0.5, 0.6) is 0 Å². The lowest BCUT2D eigenvalue weighted by Gasteiger charge is -2.39. The van der Waals surface area contributed by atoms with Crippen LogP contribution < -0.4 is 5.32 Å². The summed E-state index contributed by atoms with van der Waals surface area (Å²) in [5.74, 6) is 0.117. The van der Waals surface area contributed by atoms with Gasteiger partial charge in [0.25, 0.3) is 0 Å². The number of aliphatic hydroxyl groups excluding tert-OH is 1. The molecule has 0 saturated carbocycles. The maximum atomic E-state index is 11.9. The van der Waals surface area contributed by atoms with Crippen molar-refractivity contribution in [3.63, 3.8) is 0 Å². The molecule has 1 amide bonds. The molecule has 1 heterocycles. The summed E-state index contributed by atoms with van der Waals surface area (Å²) in [6, 6.07) is 0.298. The Morgan fingerprint density at radius 3 is 2.67 bits per heavy atom. The number of carbonyl (C=O) groups excluding carboxylic acids is 1. The molecular weight excluding hydrogens is 228 g/mol. The Labute approximate surface area is 111 Å². The number of nitrogens with one attached hydrogen (secondary N) is 1. The van der Waals surface area contributed by atoms with Crippen molar-refractivity contribution < 1.29 is 9.90 Å². The number of nitrogens with zero attached hydrogens (tertiary/aromatic N) is 1. The van der Waals surface area contributed by atoms with Crippen molar-refractivity contribution in [3.8, 4) is 0 Å². The first kappa shape index (κ1) is 15.4. The molecule has 1 rings (SSSR count). The highest BCUT2D eigenvalue weighted by Crippen LogP contribution is 2.28. The number of amides is 1. The minimum Gasteiger partial charge on any atom is -0.396 e. The van der Waals surface area contributed by atoms with Crippen LogP contribution in [0.2, 0.25) is 0 Å². The third-order valence-corrected chi connectivity index (χ3v) is 3.96. The van der Waals surface area contributed by atoms with Gasteiger partial charge in [0.2, 0.25) is 5.91 Å². The van der Waals surface area contributed by atoms with Crippen LogP contribution in [-0.2, 0) is 4.79 Å². The zero-order valence-electron chi connectivity index (χ0n) is 12.0. The van der Waals surface area contributed by atoms with Crippen LogP contribution in [0.4, 0.5) is 0 Å². The summed E-state index contributed by atoms with van der Waals surface area (Å²) >= 11 is 0. The molecule has 2 N–H and O–H groups in total. The van der Waals surface area contributed by atoms with Crippen LogP contribution in [0, 0.1) is 5.41 Å². The zero-order chi connectivity index (χ0) is 13.6. The lowest BCUT2D eigenvalue weighted by atomic mass is 9.83. The lowest BCUT2D eigenvalue weighted by molar-refractivity contribution is -0.124.